The number of nitrogens with one attached hydrogen (secondary N) is 1. The summed E-state index contributed by atoms with van der Waals surface area (Å²) in [4.78, 5) is 16.2. The Labute approximate surface area is 119 Å². The lowest BCUT2D eigenvalue weighted by Crippen LogP contribution is -2.37. The number of nitrogens with zero attached hydrogens (tertiary/aromatic N) is 1. The van der Waals surface area contributed by atoms with Crippen LogP contribution in [0.1, 0.15) is 36.5 Å². The van der Waals surface area contributed by atoms with Gasteiger partial charge in [-0.05, 0) is 31.2 Å². The Morgan fingerprint density at radius 3 is 2.85 bits per heavy atom. The van der Waals surface area contributed by atoms with Gasteiger partial charge in [-0.1, -0.05) is 6.92 Å². The summed E-state index contributed by atoms with van der Waals surface area (Å²) in [7, 11) is 1.63. The topological polar surface area (TPSA) is 60.5 Å². The zero-order chi connectivity index (χ0) is 14.4. The molecule has 0 radical (unpaired) electrons. The average molecular weight is 278 g/mol. The van der Waals surface area contributed by atoms with E-state index < -0.39 is 0 Å². The third-order valence-electron chi connectivity index (χ3n) is 3.36. The van der Waals surface area contributed by atoms with Crippen molar-refractivity contribution in [3.63, 3.8) is 0 Å². The number of amides is 1. The van der Waals surface area contributed by atoms with E-state index >= 15 is 0 Å². The van der Waals surface area contributed by atoms with Gasteiger partial charge in [-0.25, -0.2) is 4.98 Å². The Morgan fingerprint density at radius 1 is 1.50 bits per heavy atom. The summed E-state index contributed by atoms with van der Waals surface area (Å²) in [5.74, 6) is 1.15. The van der Waals surface area contributed by atoms with Crippen molar-refractivity contribution in [2.45, 2.75) is 32.2 Å². The van der Waals surface area contributed by atoms with E-state index in [1.807, 2.05) is 6.92 Å². The van der Waals surface area contributed by atoms with Crippen molar-refractivity contribution in [2.24, 2.45) is 5.92 Å². The molecule has 1 fully saturated rings. The highest BCUT2D eigenvalue weighted by Crippen LogP contribution is 2.29. The fourth-order valence-corrected chi connectivity index (χ4v) is 1.82. The van der Waals surface area contributed by atoms with Crippen molar-refractivity contribution in [3.05, 3.63) is 23.9 Å². The van der Waals surface area contributed by atoms with Gasteiger partial charge in [0.25, 0.3) is 5.91 Å². The van der Waals surface area contributed by atoms with Crippen LogP contribution in [-0.2, 0) is 4.74 Å². The molecule has 1 N–H and O–H groups in total. The van der Waals surface area contributed by atoms with Crippen molar-refractivity contribution in [1.82, 2.24) is 10.3 Å². The molecule has 2 rings (SSSR count). The molecule has 5 nitrogen and oxygen atoms in total. The van der Waals surface area contributed by atoms with Gasteiger partial charge in [0.1, 0.15) is 0 Å². The summed E-state index contributed by atoms with van der Waals surface area (Å²) in [6.45, 7) is 3.25. The van der Waals surface area contributed by atoms with Crippen molar-refractivity contribution < 1.29 is 14.3 Å². The van der Waals surface area contributed by atoms with E-state index in [2.05, 4.69) is 10.3 Å². The molecule has 0 spiro atoms. The predicted molar refractivity (Wildman–Crippen MR) is 75.9 cm³/mol. The highest BCUT2D eigenvalue weighted by molar-refractivity contribution is 5.94. The predicted octanol–water partition coefficient (Wildman–Crippen LogP) is 2.03. The smallest absolute Gasteiger partial charge is 0.253 e. The van der Waals surface area contributed by atoms with Crippen LogP contribution in [0.15, 0.2) is 18.3 Å². The maximum Gasteiger partial charge on any atom is 0.253 e. The SMILES string of the molecule is CC[C@H](COC)NC(=O)c1ccc(OCC2CC2)nc1. The van der Waals surface area contributed by atoms with E-state index in [0.29, 0.717) is 24.0 Å². The van der Waals surface area contributed by atoms with Gasteiger partial charge in [0.15, 0.2) is 0 Å². The lowest BCUT2D eigenvalue weighted by Gasteiger charge is -2.15. The second-order valence-corrected chi connectivity index (χ2v) is 5.17. The van der Waals surface area contributed by atoms with Crippen LogP contribution >= 0.6 is 0 Å². The van der Waals surface area contributed by atoms with Gasteiger partial charge in [0, 0.05) is 19.4 Å². The number of carbonyl (C=O) groups is 1. The normalized spacial score (nSPS) is 15.7. The average Bonchev–Trinajstić information content (AvgIpc) is 3.29. The molecule has 0 saturated heterocycles. The molecule has 0 unspecified atom stereocenters. The van der Waals surface area contributed by atoms with E-state index in [1.54, 1.807) is 25.4 Å². The third kappa shape index (κ3) is 4.49. The van der Waals surface area contributed by atoms with E-state index in [1.165, 1.54) is 12.8 Å². The Hall–Kier alpha value is -1.62. The molecule has 0 bridgehead atoms. The molecule has 5 heteroatoms. The molecule has 1 saturated carbocycles. The molecular weight excluding hydrogens is 256 g/mol. The van der Waals surface area contributed by atoms with Crippen LogP contribution in [0.5, 0.6) is 5.88 Å². The fraction of sp³-hybridized carbons (Fsp3) is 0.600. The maximum absolute atomic E-state index is 12.0. The molecule has 0 aromatic carbocycles. The number of hydrogen-bond acceptors (Lipinski definition) is 4. The van der Waals surface area contributed by atoms with Crippen molar-refractivity contribution in [2.75, 3.05) is 20.3 Å². The molecule has 1 aromatic rings. The van der Waals surface area contributed by atoms with Gasteiger partial charge in [-0.3, -0.25) is 4.79 Å². The number of ether oxygens (including phenoxy) is 2. The van der Waals surface area contributed by atoms with Crippen molar-refractivity contribution >= 4 is 5.91 Å². The second kappa shape index (κ2) is 7.24. The first kappa shape index (κ1) is 14.8. The maximum atomic E-state index is 12.0. The van der Waals surface area contributed by atoms with E-state index in [4.69, 9.17) is 9.47 Å². The minimum Gasteiger partial charge on any atom is -0.477 e. The fourth-order valence-electron chi connectivity index (χ4n) is 1.82. The molecule has 1 aliphatic rings. The molecule has 1 aliphatic carbocycles. The number of rotatable bonds is 8. The van der Waals surface area contributed by atoms with Crippen LogP contribution in [0.2, 0.25) is 0 Å². The van der Waals surface area contributed by atoms with E-state index in [9.17, 15) is 4.79 Å². The molecule has 110 valence electrons. The van der Waals surface area contributed by atoms with E-state index in [0.717, 1.165) is 13.0 Å². The Balaban J connectivity index is 1.85. The first-order valence-corrected chi connectivity index (χ1v) is 7.11. The highest BCUT2D eigenvalue weighted by Gasteiger charge is 2.22. The minimum atomic E-state index is -0.129. The van der Waals surface area contributed by atoms with Gasteiger partial charge in [-0.15, -0.1) is 0 Å². The van der Waals surface area contributed by atoms with Gasteiger partial charge in [0.05, 0.1) is 24.8 Å². The molecule has 1 amide bonds. The quantitative estimate of drug-likeness (QED) is 0.790. The first-order chi connectivity index (χ1) is 9.72. The van der Waals surface area contributed by atoms with Gasteiger partial charge in [0.2, 0.25) is 5.88 Å². The zero-order valence-corrected chi connectivity index (χ0v) is 12.1. The molecule has 1 aromatic heterocycles. The third-order valence-corrected chi connectivity index (χ3v) is 3.36. The summed E-state index contributed by atoms with van der Waals surface area (Å²) in [6, 6.07) is 3.51. The molecule has 20 heavy (non-hydrogen) atoms. The molecular formula is C15H22N2O3. The minimum absolute atomic E-state index is 0.0262. The molecule has 0 aliphatic heterocycles. The lowest BCUT2D eigenvalue weighted by molar-refractivity contribution is 0.0894. The summed E-state index contributed by atoms with van der Waals surface area (Å²) in [5.41, 5.74) is 0.540. The van der Waals surface area contributed by atoms with E-state index in [-0.39, 0.29) is 11.9 Å². The number of hydrogen-bond donors (Lipinski definition) is 1. The zero-order valence-electron chi connectivity index (χ0n) is 12.1. The Kier molecular flexibility index (Phi) is 5.35. The monoisotopic (exact) mass is 278 g/mol. The van der Waals surface area contributed by atoms with Crippen LogP contribution in [0.4, 0.5) is 0 Å². The summed E-state index contributed by atoms with van der Waals surface area (Å²) < 4.78 is 10.6. The number of aromatic nitrogens is 1. The first-order valence-electron chi connectivity index (χ1n) is 7.11. The standard InChI is InChI=1S/C15H22N2O3/c1-3-13(10-19-2)17-15(18)12-6-7-14(16-8-12)20-9-11-4-5-11/h6-8,11,13H,3-5,9-10H2,1-2H3,(H,17,18)/t13-/m1/s1. The summed E-state index contributed by atoms with van der Waals surface area (Å²) in [6.07, 6.45) is 4.88. The molecule has 1 heterocycles. The number of pyridine rings is 1. The van der Waals surface area contributed by atoms with Gasteiger partial charge >= 0.3 is 0 Å². The Bertz CT molecular complexity index is 429. The van der Waals surface area contributed by atoms with Crippen molar-refractivity contribution in [3.8, 4) is 5.88 Å². The van der Waals surface area contributed by atoms with Crippen molar-refractivity contribution in [1.29, 1.82) is 0 Å². The highest BCUT2D eigenvalue weighted by atomic mass is 16.5. The molecule has 1 atom stereocenters. The number of carbonyl (C=O) groups excluding carboxylic acids is 1. The van der Waals surface area contributed by atoms with Crippen LogP contribution < -0.4 is 10.1 Å². The van der Waals surface area contributed by atoms with Crippen LogP contribution in [0.3, 0.4) is 0 Å². The lowest BCUT2D eigenvalue weighted by atomic mass is 10.2. The van der Waals surface area contributed by atoms with Crippen LogP contribution in [-0.4, -0.2) is 37.3 Å². The Morgan fingerprint density at radius 2 is 2.30 bits per heavy atom. The van der Waals surface area contributed by atoms with Crippen LogP contribution in [0, 0.1) is 5.92 Å². The van der Waals surface area contributed by atoms with Gasteiger partial charge in [-0.2, -0.15) is 0 Å². The summed E-state index contributed by atoms with van der Waals surface area (Å²) >= 11 is 0. The second-order valence-electron chi connectivity index (χ2n) is 5.17. The summed E-state index contributed by atoms with van der Waals surface area (Å²) in [5, 5.41) is 2.92. The largest absolute Gasteiger partial charge is 0.477 e. The number of methoxy groups -OCH3 is 1. The van der Waals surface area contributed by atoms with Crippen LogP contribution in [0.25, 0.3) is 0 Å². The van der Waals surface area contributed by atoms with Gasteiger partial charge < -0.3 is 14.8 Å².